The maximum absolute atomic E-state index is 12.2. The Bertz CT molecular complexity index is 271. The zero-order valence-electron chi connectivity index (χ0n) is 8.11. The van der Waals surface area contributed by atoms with Crippen molar-refractivity contribution >= 4 is 15.9 Å². The van der Waals surface area contributed by atoms with Crippen LogP contribution < -0.4 is 0 Å². The van der Waals surface area contributed by atoms with Gasteiger partial charge in [0.2, 0.25) is 0 Å². The molecule has 0 aromatic carbocycles. The number of rotatable bonds is 6. The predicted molar refractivity (Wildman–Crippen MR) is 57.1 cm³/mol. The van der Waals surface area contributed by atoms with Crippen molar-refractivity contribution < 1.29 is 8.78 Å². The number of halogens is 3. The van der Waals surface area contributed by atoms with Crippen molar-refractivity contribution in [1.29, 1.82) is 0 Å². The van der Waals surface area contributed by atoms with E-state index in [2.05, 4.69) is 25.9 Å². The van der Waals surface area contributed by atoms with Gasteiger partial charge in [-0.15, -0.1) is 0 Å². The number of aromatic nitrogens is 2. The van der Waals surface area contributed by atoms with Crippen molar-refractivity contribution in [2.45, 2.75) is 13.0 Å². The van der Waals surface area contributed by atoms with Crippen LogP contribution in [0.15, 0.2) is 18.5 Å². The lowest BCUT2D eigenvalue weighted by Crippen LogP contribution is -2.30. The molecule has 0 atom stereocenters. The van der Waals surface area contributed by atoms with Gasteiger partial charge >= 0.3 is 0 Å². The summed E-state index contributed by atoms with van der Waals surface area (Å²) in [7, 11) is 0. The molecule has 0 N–H and O–H groups in total. The Morgan fingerprint density at radius 3 is 2.53 bits per heavy atom. The predicted octanol–water partition coefficient (Wildman–Crippen LogP) is 1.94. The van der Waals surface area contributed by atoms with Crippen LogP contribution in [0, 0.1) is 0 Å². The Balaban J connectivity index is 2.50. The van der Waals surface area contributed by atoms with Crippen LogP contribution in [0.4, 0.5) is 8.78 Å². The van der Waals surface area contributed by atoms with Gasteiger partial charge in [-0.3, -0.25) is 4.90 Å². The molecule has 0 fully saturated rings. The van der Waals surface area contributed by atoms with Gasteiger partial charge in [-0.25, -0.2) is 18.7 Å². The lowest BCUT2D eigenvalue weighted by molar-refractivity contribution is 0.0869. The number of hydrogen-bond donors (Lipinski definition) is 0. The lowest BCUT2D eigenvalue weighted by atomic mass is 10.4. The normalized spacial score (nSPS) is 11.3. The highest BCUT2D eigenvalue weighted by Gasteiger charge is 2.12. The van der Waals surface area contributed by atoms with Crippen LogP contribution in [0.1, 0.15) is 5.82 Å². The molecule has 1 aromatic rings. The molecule has 0 amide bonds. The third kappa shape index (κ3) is 5.13. The van der Waals surface area contributed by atoms with Gasteiger partial charge in [-0.05, 0) is 6.07 Å². The summed E-state index contributed by atoms with van der Waals surface area (Å²) in [5.74, 6) is 0.569. The molecule has 0 aliphatic rings. The van der Waals surface area contributed by atoms with Crippen molar-refractivity contribution in [2.75, 3.05) is 18.4 Å². The highest BCUT2D eigenvalue weighted by molar-refractivity contribution is 9.09. The molecule has 1 heterocycles. The fraction of sp³-hybridized carbons (Fsp3) is 0.556. The van der Waals surface area contributed by atoms with E-state index in [4.69, 9.17) is 0 Å². The van der Waals surface area contributed by atoms with Gasteiger partial charge in [0.05, 0.1) is 13.1 Å². The zero-order valence-corrected chi connectivity index (χ0v) is 9.70. The van der Waals surface area contributed by atoms with Crippen molar-refractivity contribution in [2.24, 2.45) is 0 Å². The Kier molecular flexibility index (Phi) is 5.63. The zero-order chi connectivity index (χ0) is 11.1. The van der Waals surface area contributed by atoms with E-state index in [0.29, 0.717) is 24.2 Å². The highest BCUT2D eigenvalue weighted by atomic mass is 79.9. The first-order valence-electron chi connectivity index (χ1n) is 4.54. The van der Waals surface area contributed by atoms with Crippen molar-refractivity contribution in [1.82, 2.24) is 14.9 Å². The molecule has 0 spiro atoms. The fourth-order valence-electron chi connectivity index (χ4n) is 1.16. The lowest BCUT2D eigenvalue weighted by Gasteiger charge is -2.19. The maximum atomic E-state index is 12.2. The van der Waals surface area contributed by atoms with E-state index in [-0.39, 0.29) is 6.54 Å². The van der Waals surface area contributed by atoms with Crippen LogP contribution in [-0.4, -0.2) is 39.7 Å². The summed E-state index contributed by atoms with van der Waals surface area (Å²) in [5.41, 5.74) is 0. The third-order valence-electron chi connectivity index (χ3n) is 1.78. The van der Waals surface area contributed by atoms with Gasteiger partial charge in [-0.2, -0.15) is 0 Å². The van der Waals surface area contributed by atoms with Gasteiger partial charge in [0.25, 0.3) is 6.43 Å². The molecule has 0 aliphatic carbocycles. The van der Waals surface area contributed by atoms with Crippen LogP contribution in [-0.2, 0) is 6.54 Å². The van der Waals surface area contributed by atoms with Crippen LogP contribution >= 0.6 is 15.9 Å². The topological polar surface area (TPSA) is 29.0 Å². The molecule has 0 radical (unpaired) electrons. The summed E-state index contributed by atoms with van der Waals surface area (Å²) in [6, 6.07) is 1.70. The molecular formula is C9H12BrF2N3. The molecule has 0 unspecified atom stereocenters. The second kappa shape index (κ2) is 6.79. The van der Waals surface area contributed by atoms with Gasteiger partial charge in [0.15, 0.2) is 0 Å². The monoisotopic (exact) mass is 279 g/mol. The van der Waals surface area contributed by atoms with E-state index in [0.717, 1.165) is 0 Å². The third-order valence-corrected chi connectivity index (χ3v) is 2.14. The molecule has 3 nitrogen and oxygen atoms in total. The largest absolute Gasteiger partial charge is 0.289 e. The Morgan fingerprint density at radius 2 is 2.00 bits per heavy atom. The van der Waals surface area contributed by atoms with Gasteiger partial charge in [0, 0.05) is 24.3 Å². The van der Waals surface area contributed by atoms with Crippen molar-refractivity contribution in [3.05, 3.63) is 24.3 Å². The van der Waals surface area contributed by atoms with Gasteiger partial charge < -0.3 is 0 Å². The second-order valence-corrected chi connectivity index (χ2v) is 3.77. The maximum Gasteiger partial charge on any atom is 0.251 e. The average Bonchev–Trinajstić information content (AvgIpc) is 2.18. The van der Waals surface area contributed by atoms with E-state index in [1.54, 1.807) is 23.4 Å². The molecule has 0 aliphatic heterocycles. The quantitative estimate of drug-likeness (QED) is 0.746. The van der Waals surface area contributed by atoms with Crippen LogP contribution in [0.3, 0.4) is 0 Å². The molecule has 0 saturated heterocycles. The van der Waals surface area contributed by atoms with E-state index in [1.807, 2.05) is 0 Å². The molecule has 6 heteroatoms. The second-order valence-electron chi connectivity index (χ2n) is 2.98. The molecule has 15 heavy (non-hydrogen) atoms. The molecule has 0 saturated carbocycles. The van der Waals surface area contributed by atoms with Crippen molar-refractivity contribution in [3.63, 3.8) is 0 Å². The first kappa shape index (κ1) is 12.4. The highest BCUT2D eigenvalue weighted by Crippen LogP contribution is 2.03. The Labute approximate surface area is 95.7 Å². The summed E-state index contributed by atoms with van der Waals surface area (Å²) in [5, 5.41) is 0.659. The summed E-state index contributed by atoms with van der Waals surface area (Å²) in [4.78, 5) is 9.61. The first-order valence-corrected chi connectivity index (χ1v) is 5.67. The van der Waals surface area contributed by atoms with Crippen LogP contribution in [0.5, 0.6) is 0 Å². The molecule has 1 rings (SSSR count). The number of alkyl halides is 3. The first-order chi connectivity index (χ1) is 7.22. The van der Waals surface area contributed by atoms with Gasteiger partial charge in [0.1, 0.15) is 5.82 Å². The SMILES string of the molecule is FC(F)CN(CCBr)Cc1ncccn1. The number of nitrogens with zero attached hydrogens (tertiary/aromatic N) is 3. The standard InChI is InChI=1S/C9H12BrF2N3/c10-2-5-15(6-8(11)12)7-9-13-3-1-4-14-9/h1,3-4,8H,2,5-7H2. The van der Waals surface area contributed by atoms with E-state index in [1.165, 1.54) is 0 Å². The van der Waals surface area contributed by atoms with Gasteiger partial charge in [-0.1, -0.05) is 15.9 Å². The Morgan fingerprint density at radius 1 is 1.33 bits per heavy atom. The average molecular weight is 280 g/mol. The molecular weight excluding hydrogens is 268 g/mol. The fourth-order valence-corrected chi connectivity index (χ4v) is 1.66. The summed E-state index contributed by atoms with van der Waals surface area (Å²) in [6.45, 7) is 0.670. The number of hydrogen-bond acceptors (Lipinski definition) is 3. The minimum Gasteiger partial charge on any atom is -0.289 e. The molecule has 84 valence electrons. The van der Waals surface area contributed by atoms with Crippen LogP contribution in [0.25, 0.3) is 0 Å². The van der Waals surface area contributed by atoms with E-state index in [9.17, 15) is 8.78 Å². The summed E-state index contributed by atoms with van der Waals surface area (Å²) >= 11 is 3.23. The minimum absolute atomic E-state index is 0.246. The van der Waals surface area contributed by atoms with Crippen LogP contribution in [0.2, 0.25) is 0 Å². The van der Waals surface area contributed by atoms with E-state index >= 15 is 0 Å². The molecule has 1 aromatic heterocycles. The smallest absolute Gasteiger partial charge is 0.251 e. The summed E-state index contributed by atoms with van der Waals surface area (Å²) in [6.07, 6.45) is 0.890. The minimum atomic E-state index is -2.33. The Hall–Kier alpha value is -0.620. The molecule has 0 bridgehead atoms. The van der Waals surface area contributed by atoms with E-state index < -0.39 is 6.43 Å². The van der Waals surface area contributed by atoms with Crippen molar-refractivity contribution in [3.8, 4) is 0 Å². The summed E-state index contributed by atoms with van der Waals surface area (Å²) < 4.78 is 24.4.